The minimum atomic E-state index is -0.582. The number of anilines is 1. The van der Waals surface area contributed by atoms with E-state index in [9.17, 15) is 4.79 Å². The van der Waals surface area contributed by atoms with E-state index < -0.39 is 6.10 Å². The summed E-state index contributed by atoms with van der Waals surface area (Å²) in [5, 5.41) is 3.51. The number of ether oxygens (including phenoxy) is 1. The summed E-state index contributed by atoms with van der Waals surface area (Å²) in [7, 11) is 0. The molecule has 0 unspecified atom stereocenters. The van der Waals surface area contributed by atoms with Gasteiger partial charge in [-0.15, -0.1) is 0 Å². The number of rotatable bonds is 6. The molecule has 1 amide bonds. The summed E-state index contributed by atoms with van der Waals surface area (Å²) in [5.41, 5.74) is 2.34. The Balaban J connectivity index is 1.49. The van der Waals surface area contributed by atoms with Crippen LogP contribution in [-0.4, -0.2) is 25.1 Å². The van der Waals surface area contributed by atoms with E-state index in [0.29, 0.717) is 17.3 Å². The summed E-state index contributed by atoms with van der Waals surface area (Å²) in [4.78, 5) is 14.7. The Morgan fingerprint density at radius 2 is 1.88 bits per heavy atom. The monoisotopic (exact) mass is 372 g/mol. The summed E-state index contributed by atoms with van der Waals surface area (Å²) in [6.45, 7) is 4.49. The predicted octanol–water partition coefficient (Wildman–Crippen LogP) is 4.41. The van der Waals surface area contributed by atoms with Crippen LogP contribution in [0, 0.1) is 0 Å². The van der Waals surface area contributed by atoms with Crippen molar-refractivity contribution >= 4 is 23.2 Å². The molecule has 5 heteroatoms. The number of nitrogens with zero attached hydrogens (tertiary/aromatic N) is 1. The highest BCUT2D eigenvalue weighted by atomic mass is 35.5. The molecule has 4 nitrogen and oxygen atoms in total. The fourth-order valence-corrected chi connectivity index (χ4v) is 3.29. The number of hydrogen-bond acceptors (Lipinski definition) is 3. The summed E-state index contributed by atoms with van der Waals surface area (Å²) in [5.74, 6) is 0.441. The highest BCUT2D eigenvalue weighted by molar-refractivity contribution is 6.30. The van der Waals surface area contributed by atoms with Crippen molar-refractivity contribution in [1.82, 2.24) is 5.32 Å². The molecule has 0 bridgehead atoms. The van der Waals surface area contributed by atoms with Crippen LogP contribution in [0.1, 0.15) is 31.7 Å². The third kappa shape index (κ3) is 5.15. The van der Waals surface area contributed by atoms with E-state index >= 15 is 0 Å². The van der Waals surface area contributed by atoms with E-state index in [4.69, 9.17) is 16.3 Å². The molecule has 1 fully saturated rings. The van der Waals surface area contributed by atoms with Crippen molar-refractivity contribution in [3.8, 4) is 5.75 Å². The van der Waals surface area contributed by atoms with Crippen molar-refractivity contribution < 1.29 is 9.53 Å². The van der Waals surface area contributed by atoms with Crippen LogP contribution < -0.4 is 15.0 Å². The average molecular weight is 373 g/mol. The summed E-state index contributed by atoms with van der Waals surface area (Å²) < 4.78 is 5.64. The van der Waals surface area contributed by atoms with Crippen LogP contribution in [0.5, 0.6) is 5.75 Å². The maximum Gasteiger partial charge on any atom is 0.261 e. The van der Waals surface area contributed by atoms with Crippen molar-refractivity contribution in [2.45, 2.75) is 38.8 Å². The largest absolute Gasteiger partial charge is 0.481 e. The van der Waals surface area contributed by atoms with Gasteiger partial charge in [0.1, 0.15) is 5.75 Å². The fourth-order valence-electron chi connectivity index (χ4n) is 3.11. The Bertz CT molecular complexity index is 727. The van der Waals surface area contributed by atoms with Gasteiger partial charge in [0, 0.05) is 30.3 Å². The molecule has 1 heterocycles. The Labute approximate surface area is 160 Å². The second-order valence-electron chi connectivity index (χ2n) is 6.65. The molecule has 0 spiro atoms. The third-order valence-electron chi connectivity index (χ3n) is 4.60. The van der Waals surface area contributed by atoms with Crippen molar-refractivity contribution in [3.63, 3.8) is 0 Å². The normalized spacial score (nSPS) is 15.4. The first kappa shape index (κ1) is 18.6. The zero-order valence-electron chi connectivity index (χ0n) is 15.1. The Kier molecular flexibility index (Phi) is 6.40. The van der Waals surface area contributed by atoms with E-state index in [1.807, 2.05) is 0 Å². The Morgan fingerprint density at radius 1 is 1.15 bits per heavy atom. The van der Waals surface area contributed by atoms with Crippen molar-refractivity contribution in [1.29, 1.82) is 0 Å². The molecule has 1 aliphatic rings. The van der Waals surface area contributed by atoms with Crippen molar-refractivity contribution in [3.05, 3.63) is 59.1 Å². The molecular formula is C21H25ClN2O2. The summed E-state index contributed by atoms with van der Waals surface area (Å²) >= 11 is 5.93. The molecule has 26 heavy (non-hydrogen) atoms. The molecule has 1 atom stereocenters. The van der Waals surface area contributed by atoms with Crippen LogP contribution in [0.3, 0.4) is 0 Å². The molecule has 3 rings (SSSR count). The quantitative estimate of drug-likeness (QED) is 0.816. The minimum Gasteiger partial charge on any atom is -0.481 e. The second-order valence-corrected chi connectivity index (χ2v) is 7.09. The maximum absolute atomic E-state index is 12.2. The molecule has 1 N–H and O–H groups in total. The zero-order valence-corrected chi connectivity index (χ0v) is 15.8. The van der Waals surface area contributed by atoms with Crippen LogP contribution >= 0.6 is 11.6 Å². The molecule has 0 saturated carbocycles. The minimum absolute atomic E-state index is 0.148. The molecule has 0 radical (unpaired) electrons. The number of carbonyl (C=O) groups excluding carboxylic acids is 1. The molecular weight excluding hydrogens is 348 g/mol. The second kappa shape index (κ2) is 8.95. The number of halogens is 1. The molecule has 2 aromatic rings. The lowest BCUT2D eigenvalue weighted by molar-refractivity contribution is -0.127. The van der Waals surface area contributed by atoms with Gasteiger partial charge in [-0.25, -0.2) is 0 Å². The van der Waals surface area contributed by atoms with Gasteiger partial charge in [0.15, 0.2) is 6.10 Å². The highest BCUT2D eigenvalue weighted by Gasteiger charge is 2.15. The number of piperidine rings is 1. The SMILES string of the molecule is C[C@@H](Oc1cccc(Cl)c1)C(=O)NCc1ccc(N2CCCCC2)cc1. The smallest absolute Gasteiger partial charge is 0.261 e. The maximum atomic E-state index is 12.2. The fraction of sp³-hybridized carbons (Fsp3) is 0.381. The first-order chi connectivity index (χ1) is 12.6. The van der Waals surface area contributed by atoms with E-state index in [-0.39, 0.29) is 5.91 Å². The van der Waals surface area contributed by atoms with Gasteiger partial charge in [0.2, 0.25) is 0 Å². The van der Waals surface area contributed by atoms with Gasteiger partial charge in [-0.3, -0.25) is 4.79 Å². The van der Waals surface area contributed by atoms with Crippen molar-refractivity contribution in [2.24, 2.45) is 0 Å². The van der Waals surface area contributed by atoms with E-state index in [2.05, 4.69) is 34.5 Å². The number of carbonyl (C=O) groups is 1. The number of amides is 1. The van der Waals surface area contributed by atoms with Gasteiger partial charge in [0.05, 0.1) is 0 Å². The van der Waals surface area contributed by atoms with Crippen molar-refractivity contribution in [2.75, 3.05) is 18.0 Å². The van der Waals surface area contributed by atoms with Crippen LogP contribution in [0.4, 0.5) is 5.69 Å². The highest BCUT2D eigenvalue weighted by Crippen LogP contribution is 2.20. The molecule has 2 aromatic carbocycles. The van der Waals surface area contributed by atoms with Gasteiger partial charge in [-0.05, 0) is 62.1 Å². The average Bonchev–Trinajstić information content (AvgIpc) is 2.67. The zero-order chi connectivity index (χ0) is 18.4. The molecule has 138 valence electrons. The van der Waals surface area contributed by atoms with E-state index in [1.54, 1.807) is 31.2 Å². The topological polar surface area (TPSA) is 41.6 Å². The summed E-state index contributed by atoms with van der Waals surface area (Å²) in [6, 6.07) is 15.5. The predicted molar refractivity (Wildman–Crippen MR) is 106 cm³/mol. The first-order valence-electron chi connectivity index (χ1n) is 9.15. The molecule has 1 aliphatic heterocycles. The Hall–Kier alpha value is -2.20. The van der Waals surface area contributed by atoms with Crippen LogP contribution in [0.2, 0.25) is 5.02 Å². The number of nitrogens with one attached hydrogen (secondary N) is 1. The molecule has 0 aromatic heterocycles. The lowest BCUT2D eigenvalue weighted by Crippen LogP contribution is -2.35. The molecule has 1 saturated heterocycles. The first-order valence-corrected chi connectivity index (χ1v) is 9.53. The van der Waals surface area contributed by atoms with Gasteiger partial charge in [-0.1, -0.05) is 29.8 Å². The van der Waals surface area contributed by atoms with Crippen LogP contribution in [0.25, 0.3) is 0 Å². The lowest BCUT2D eigenvalue weighted by Gasteiger charge is -2.28. The van der Waals surface area contributed by atoms with Gasteiger partial charge < -0.3 is 15.0 Å². The van der Waals surface area contributed by atoms with Gasteiger partial charge >= 0.3 is 0 Å². The van der Waals surface area contributed by atoms with Crippen LogP contribution in [0.15, 0.2) is 48.5 Å². The number of hydrogen-bond donors (Lipinski definition) is 1. The van der Waals surface area contributed by atoms with Gasteiger partial charge in [-0.2, -0.15) is 0 Å². The third-order valence-corrected chi connectivity index (χ3v) is 4.84. The van der Waals surface area contributed by atoms with Crippen LogP contribution in [-0.2, 0) is 11.3 Å². The van der Waals surface area contributed by atoms with Gasteiger partial charge in [0.25, 0.3) is 5.91 Å². The van der Waals surface area contributed by atoms with E-state index in [0.717, 1.165) is 18.7 Å². The summed E-state index contributed by atoms with van der Waals surface area (Å²) in [6.07, 6.45) is 3.28. The number of benzene rings is 2. The van der Waals surface area contributed by atoms with E-state index in [1.165, 1.54) is 24.9 Å². The lowest BCUT2D eigenvalue weighted by atomic mass is 10.1. The Morgan fingerprint density at radius 3 is 2.58 bits per heavy atom. The molecule has 0 aliphatic carbocycles. The standard InChI is InChI=1S/C21H25ClN2O2/c1-16(26-20-7-5-6-18(22)14-20)21(25)23-15-17-8-10-19(11-9-17)24-12-3-2-4-13-24/h5-11,14,16H,2-4,12-13,15H2,1H3,(H,23,25)/t16-/m1/s1.